The molecule has 0 saturated heterocycles. The Morgan fingerprint density at radius 3 is 0.731 bits per heavy atom. The smallest absolute Gasteiger partial charge is 0.870 e. The van der Waals surface area contributed by atoms with E-state index in [0.717, 1.165) is 0 Å². The van der Waals surface area contributed by atoms with Crippen molar-refractivity contribution in [2.45, 2.75) is 67.7 Å². The van der Waals surface area contributed by atoms with Gasteiger partial charge in [-0.3, -0.25) is 20.0 Å². The molecule has 0 aliphatic carbocycles. The molecule has 6 aromatic carbocycles. The SMILES string of the molecule is CC#N.CC#N.CCOc1cccc(/C=N/C(/N=C/c2cccc(OCC)c2[O-])c2cccc(OCC)c2[O-])c1[O-].CCOc1cccc(/C=N/C(/N=C/c2cccc(OCC)c2[O-])c2cccc(OCC)c2[O-])c1[O-].[Fe+3].[Fe+3]. The van der Waals surface area contributed by atoms with Crippen molar-refractivity contribution in [2.75, 3.05) is 39.6 Å². The van der Waals surface area contributed by atoms with E-state index in [9.17, 15) is 30.6 Å². The van der Waals surface area contributed by atoms with Crippen LogP contribution in [0, 0.1) is 22.7 Å². The predicted octanol–water partition coefficient (Wildman–Crippen LogP) is 7.74. The van der Waals surface area contributed by atoms with Crippen LogP contribution >= 0.6 is 0 Å². The number of para-hydroxylation sites is 6. The first-order valence-electron chi connectivity index (χ1n) is 24.1. The van der Waals surface area contributed by atoms with Crippen molar-refractivity contribution in [2.24, 2.45) is 20.0 Å². The average molecular weight is 1140 g/mol. The van der Waals surface area contributed by atoms with Crippen LogP contribution in [-0.4, -0.2) is 64.5 Å². The summed E-state index contributed by atoms with van der Waals surface area (Å²) < 4.78 is 32.3. The Labute approximate surface area is 477 Å². The Hall–Kier alpha value is -8.38. The summed E-state index contributed by atoms with van der Waals surface area (Å²) in [5, 5.41) is 91.2. The summed E-state index contributed by atoms with van der Waals surface area (Å²) in [6.07, 6.45) is 3.38. The zero-order valence-corrected chi connectivity index (χ0v) is 46.6. The monoisotopic (exact) mass is 1140 g/mol. The van der Waals surface area contributed by atoms with E-state index in [1.165, 1.54) is 38.7 Å². The second-order valence-corrected chi connectivity index (χ2v) is 15.0. The van der Waals surface area contributed by atoms with Crippen LogP contribution < -0.4 is 59.1 Å². The topological polar surface area (TPSA) is 291 Å². The van der Waals surface area contributed by atoms with Gasteiger partial charge in [-0.15, -0.1) is 0 Å². The fraction of sp³-hybridized carbons (Fsp3) is 0.276. The minimum atomic E-state index is -1.02. The van der Waals surface area contributed by atoms with Crippen LogP contribution in [-0.2, 0) is 34.1 Å². The van der Waals surface area contributed by atoms with Gasteiger partial charge >= 0.3 is 34.1 Å². The van der Waals surface area contributed by atoms with E-state index in [1.807, 2.05) is 0 Å². The second-order valence-electron chi connectivity index (χ2n) is 15.0. The molecule has 0 spiro atoms. The maximum absolute atomic E-state index is 13.0. The number of rotatable bonds is 22. The van der Waals surface area contributed by atoms with Gasteiger partial charge in [-0.1, -0.05) is 107 Å². The van der Waals surface area contributed by atoms with Gasteiger partial charge in [0.05, 0.1) is 51.8 Å². The van der Waals surface area contributed by atoms with Gasteiger partial charge in [0, 0.05) is 38.7 Å². The Bertz CT molecular complexity index is 2650. The summed E-state index contributed by atoms with van der Waals surface area (Å²) in [4.78, 5) is 17.7. The van der Waals surface area contributed by atoms with E-state index in [2.05, 4.69) is 20.0 Å². The van der Waals surface area contributed by atoms with Gasteiger partial charge in [0.1, 0.15) is 34.5 Å². The zero-order chi connectivity index (χ0) is 55.8. The minimum absolute atomic E-state index is 0. The maximum Gasteiger partial charge on any atom is 3.00 e. The van der Waals surface area contributed by atoms with Crippen LogP contribution in [0.15, 0.2) is 129 Å². The number of hydrogen-bond acceptors (Lipinski definition) is 18. The molecule has 0 amide bonds. The molecule has 6 rings (SSSR count). The number of aliphatic imine (C=N–C) groups is 4. The molecule has 0 heterocycles. The number of hydrogen-bond donors (Lipinski definition) is 0. The van der Waals surface area contributed by atoms with Crippen molar-refractivity contribution < 1.29 is 93.2 Å². The quantitative estimate of drug-likeness (QED) is 0.0464. The summed E-state index contributed by atoms with van der Waals surface area (Å²) in [7, 11) is 0. The molecular formula is C58H60Fe2N6O12. The van der Waals surface area contributed by atoms with Crippen LogP contribution in [0.2, 0.25) is 0 Å². The minimum Gasteiger partial charge on any atom is -0.870 e. The number of nitrogens with zero attached hydrogens (tertiary/aromatic N) is 6. The molecule has 6 aromatic rings. The van der Waals surface area contributed by atoms with Gasteiger partial charge in [0.15, 0.2) is 12.3 Å². The Morgan fingerprint density at radius 2 is 0.538 bits per heavy atom. The standard InChI is InChI=1S/2C27H30N2O6.2C2H3N.2Fe/c2*1-4-33-21-13-7-10-18(24(21)30)16-28-27(20-12-9-15-23(26(20)32)35-6-3)29-17-19-11-8-14-22(25(19)31)34-5-2;2*1-2-3;;/h2*7-17,27,30-32H,4-6H2,1-3H3;2*1H3;;/q;;;;2*+3/p-6/b2*28-16+,29-17+;;;;. The van der Waals surface area contributed by atoms with Crippen LogP contribution in [0.3, 0.4) is 0 Å². The molecule has 18 nitrogen and oxygen atoms in total. The molecule has 0 aliphatic heterocycles. The molecule has 0 bridgehead atoms. The molecule has 0 atom stereocenters. The van der Waals surface area contributed by atoms with Crippen LogP contribution in [0.25, 0.3) is 0 Å². The molecule has 0 saturated carbocycles. The summed E-state index contributed by atoms with van der Waals surface area (Å²) in [5.41, 5.74) is 1.62. The largest absolute Gasteiger partial charge is 3.00 e. The molecule has 410 valence electrons. The third kappa shape index (κ3) is 20.3. The fourth-order valence-corrected chi connectivity index (χ4v) is 6.63. The molecule has 0 aromatic heterocycles. The van der Waals surface area contributed by atoms with Gasteiger partial charge < -0.3 is 59.1 Å². The Balaban J connectivity index is 0.000000692. The molecule has 78 heavy (non-hydrogen) atoms. The summed E-state index contributed by atoms with van der Waals surface area (Å²) >= 11 is 0. The van der Waals surface area contributed by atoms with Crippen LogP contribution in [0.5, 0.6) is 69.0 Å². The molecule has 0 N–H and O–H groups in total. The van der Waals surface area contributed by atoms with Crippen molar-refractivity contribution in [1.82, 2.24) is 0 Å². The van der Waals surface area contributed by atoms with Crippen molar-refractivity contribution >= 4 is 24.9 Å². The van der Waals surface area contributed by atoms with E-state index in [1.54, 1.807) is 163 Å². The van der Waals surface area contributed by atoms with Crippen LogP contribution in [0.4, 0.5) is 0 Å². The molecular weight excluding hydrogens is 1080 g/mol. The third-order valence-electron chi connectivity index (χ3n) is 9.83. The van der Waals surface area contributed by atoms with Crippen molar-refractivity contribution in [1.29, 1.82) is 10.5 Å². The van der Waals surface area contributed by atoms with Gasteiger partial charge in [-0.2, -0.15) is 10.5 Å². The third-order valence-corrected chi connectivity index (χ3v) is 9.83. The molecule has 0 aliphatic rings. The summed E-state index contributed by atoms with van der Waals surface area (Å²) in [6.45, 7) is 15.6. The average Bonchev–Trinajstić information content (AvgIpc) is 3.40. The number of benzene rings is 6. The van der Waals surface area contributed by atoms with E-state index in [0.29, 0.717) is 39.6 Å². The van der Waals surface area contributed by atoms with Gasteiger partial charge in [0.25, 0.3) is 0 Å². The van der Waals surface area contributed by atoms with Gasteiger partial charge in [0.2, 0.25) is 0 Å². The van der Waals surface area contributed by atoms with E-state index in [-0.39, 0.29) is 137 Å². The zero-order valence-electron chi connectivity index (χ0n) is 44.4. The molecule has 2 radical (unpaired) electrons. The first kappa shape index (κ1) is 67.6. The fourth-order valence-electron chi connectivity index (χ4n) is 6.63. The molecule has 20 heteroatoms. The maximum atomic E-state index is 13.0. The van der Waals surface area contributed by atoms with Crippen molar-refractivity contribution in [3.63, 3.8) is 0 Å². The van der Waals surface area contributed by atoms with Gasteiger partial charge in [-0.05, 0) is 111 Å². The normalized spacial score (nSPS) is 10.5. The number of nitriles is 2. The van der Waals surface area contributed by atoms with Crippen LogP contribution in [0.1, 0.15) is 101 Å². The first-order chi connectivity index (χ1) is 36.8. The molecule has 0 unspecified atom stereocenters. The second kappa shape index (κ2) is 37.4. The van der Waals surface area contributed by atoms with E-state index in [4.69, 9.17) is 38.9 Å². The van der Waals surface area contributed by atoms with E-state index < -0.39 is 12.3 Å². The Morgan fingerprint density at radius 1 is 0.359 bits per heavy atom. The summed E-state index contributed by atoms with van der Waals surface area (Å²) in [5.74, 6) is -0.839. The van der Waals surface area contributed by atoms with Crippen molar-refractivity contribution in [3.05, 3.63) is 143 Å². The van der Waals surface area contributed by atoms with Crippen molar-refractivity contribution in [3.8, 4) is 81.1 Å². The number of ether oxygens (including phenoxy) is 6. The predicted molar refractivity (Wildman–Crippen MR) is 281 cm³/mol. The Kier molecular flexibility index (Phi) is 32.4. The first-order valence-corrected chi connectivity index (χ1v) is 24.1. The molecule has 0 fully saturated rings. The van der Waals surface area contributed by atoms with E-state index >= 15 is 0 Å². The summed E-state index contributed by atoms with van der Waals surface area (Å²) in [6, 6.07) is 32.6. The van der Waals surface area contributed by atoms with Gasteiger partial charge in [-0.25, -0.2) is 0 Å².